The molecule has 1 N–H and O–H groups in total. The van der Waals surface area contributed by atoms with E-state index in [-0.39, 0.29) is 10.6 Å². The van der Waals surface area contributed by atoms with Gasteiger partial charge in [-0.2, -0.15) is 0 Å². The molecule has 1 aromatic rings. The van der Waals surface area contributed by atoms with Crippen LogP contribution in [0.15, 0.2) is 29.2 Å². The molecule has 0 aliphatic carbocycles. The van der Waals surface area contributed by atoms with Gasteiger partial charge in [0.1, 0.15) is 0 Å². The van der Waals surface area contributed by atoms with Gasteiger partial charge in [0.25, 0.3) is 5.69 Å². The third-order valence-corrected chi connectivity index (χ3v) is 3.80. The summed E-state index contributed by atoms with van der Waals surface area (Å²) in [7, 11) is 0. The normalized spacial score (nSPS) is 12.3. The van der Waals surface area contributed by atoms with Gasteiger partial charge in [-0.05, 0) is 25.1 Å². The van der Waals surface area contributed by atoms with Crippen LogP contribution in [0.1, 0.15) is 26.7 Å². The van der Waals surface area contributed by atoms with Crippen LogP contribution < -0.4 is 5.32 Å². The average Bonchev–Trinajstić information content (AvgIpc) is 2.37. The van der Waals surface area contributed by atoms with Crippen molar-refractivity contribution in [3.8, 4) is 0 Å². The van der Waals surface area contributed by atoms with Crippen molar-refractivity contribution in [3.63, 3.8) is 0 Å². The van der Waals surface area contributed by atoms with Gasteiger partial charge in [-0.25, -0.2) is 0 Å². The fraction of sp³-hybridized carbons (Fsp3) is 0.538. The summed E-state index contributed by atoms with van der Waals surface area (Å²) in [4.78, 5) is 11.3. The lowest BCUT2D eigenvalue weighted by molar-refractivity contribution is -0.384. The SMILES string of the molecule is CCCC(CSc1ccc([N+](=O)[O-])cc1)NCC. The van der Waals surface area contributed by atoms with E-state index in [9.17, 15) is 10.1 Å². The third kappa shape index (κ3) is 5.06. The molecule has 1 unspecified atom stereocenters. The lowest BCUT2D eigenvalue weighted by Crippen LogP contribution is -2.30. The second-order valence-corrected chi connectivity index (χ2v) is 5.20. The molecule has 100 valence electrons. The highest BCUT2D eigenvalue weighted by atomic mass is 32.2. The molecular weight excluding hydrogens is 248 g/mol. The van der Waals surface area contributed by atoms with Gasteiger partial charge in [-0.15, -0.1) is 11.8 Å². The number of nitro benzene ring substituents is 1. The maximum Gasteiger partial charge on any atom is 0.269 e. The molecule has 5 heteroatoms. The molecule has 0 amide bonds. The summed E-state index contributed by atoms with van der Waals surface area (Å²) in [6.07, 6.45) is 2.33. The molecule has 0 radical (unpaired) electrons. The van der Waals surface area contributed by atoms with E-state index in [1.54, 1.807) is 23.9 Å². The van der Waals surface area contributed by atoms with Crippen LogP contribution in [-0.2, 0) is 0 Å². The summed E-state index contributed by atoms with van der Waals surface area (Å²) in [5.74, 6) is 0.999. The zero-order chi connectivity index (χ0) is 13.4. The molecule has 4 nitrogen and oxygen atoms in total. The molecule has 0 aliphatic rings. The Kier molecular flexibility index (Phi) is 6.75. The van der Waals surface area contributed by atoms with Crippen molar-refractivity contribution >= 4 is 17.4 Å². The first-order valence-electron chi connectivity index (χ1n) is 6.28. The van der Waals surface area contributed by atoms with Crippen molar-refractivity contribution in [3.05, 3.63) is 34.4 Å². The van der Waals surface area contributed by atoms with E-state index in [1.807, 2.05) is 12.1 Å². The minimum atomic E-state index is -0.368. The first kappa shape index (κ1) is 15.0. The van der Waals surface area contributed by atoms with Crippen LogP contribution in [0.3, 0.4) is 0 Å². The summed E-state index contributed by atoms with van der Waals surface area (Å²) in [6, 6.07) is 7.27. The first-order chi connectivity index (χ1) is 8.67. The van der Waals surface area contributed by atoms with Crippen LogP contribution in [0, 0.1) is 10.1 Å². The number of nitrogens with zero attached hydrogens (tertiary/aromatic N) is 1. The van der Waals surface area contributed by atoms with Gasteiger partial charge >= 0.3 is 0 Å². The Morgan fingerprint density at radius 1 is 1.33 bits per heavy atom. The molecule has 1 aromatic carbocycles. The van der Waals surface area contributed by atoms with E-state index in [4.69, 9.17) is 0 Å². The van der Waals surface area contributed by atoms with Crippen LogP contribution in [0.25, 0.3) is 0 Å². The fourth-order valence-electron chi connectivity index (χ4n) is 1.74. The molecule has 0 saturated carbocycles. The van der Waals surface area contributed by atoms with Crippen molar-refractivity contribution in [1.29, 1.82) is 0 Å². The highest BCUT2D eigenvalue weighted by Gasteiger charge is 2.08. The minimum absolute atomic E-state index is 0.149. The smallest absolute Gasteiger partial charge is 0.269 e. The number of nitro groups is 1. The highest BCUT2D eigenvalue weighted by Crippen LogP contribution is 2.22. The zero-order valence-corrected chi connectivity index (χ0v) is 11.7. The van der Waals surface area contributed by atoms with Crippen molar-refractivity contribution in [2.24, 2.45) is 0 Å². The lowest BCUT2D eigenvalue weighted by atomic mass is 10.2. The Labute approximate surface area is 112 Å². The molecular formula is C13H20N2O2S. The van der Waals surface area contributed by atoms with E-state index < -0.39 is 0 Å². The quantitative estimate of drug-likeness (QED) is 0.445. The predicted molar refractivity (Wildman–Crippen MR) is 76.2 cm³/mol. The number of rotatable bonds is 8. The van der Waals surface area contributed by atoms with Crippen molar-refractivity contribution in [1.82, 2.24) is 5.32 Å². The average molecular weight is 268 g/mol. The van der Waals surface area contributed by atoms with Gasteiger partial charge in [-0.1, -0.05) is 20.3 Å². The largest absolute Gasteiger partial charge is 0.313 e. The topological polar surface area (TPSA) is 55.2 Å². The number of non-ortho nitro benzene ring substituents is 1. The van der Waals surface area contributed by atoms with Gasteiger partial charge in [0, 0.05) is 28.8 Å². The van der Waals surface area contributed by atoms with E-state index >= 15 is 0 Å². The lowest BCUT2D eigenvalue weighted by Gasteiger charge is -2.16. The number of hydrogen-bond donors (Lipinski definition) is 1. The van der Waals surface area contributed by atoms with Gasteiger partial charge in [0.05, 0.1) is 4.92 Å². The fourth-order valence-corrected chi connectivity index (χ4v) is 2.75. The number of thioether (sulfide) groups is 1. The standard InChI is InChI=1S/C13H20N2O2S/c1-3-5-11(14-4-2)10-18-13-8-6-12(7-9-13)15(16)17/h6-9,11,14H,3-5,10H2,1-2H3. The van der Waals surface area contributed by atoms with Gasteiger partial charge < -0.3 is 5.32 Å². The Hall–Kier alpha value is -1.07. The first-order valence-corrected chi connectivity index (χ1v) is 7.26. The number of nitrogens with one attached hydrogen (secondary N) is 1. The highest BCUT2D eigenvalue weighted by molar-refractivity contribution is 7.99. The molecule has 1 atom stereocenters. The van der Waals surface area contributed by atoms with Crippen molar-refractivity contribution in [2.45, 2.75) is 37.6 Å². The summed E-state index contributed by atoms with van der Waals surface area (Å²) in [6.45, 7) is 5.27. The monoisotopic (exact) mass is 268 g/mol. The van der Waals surface area contributed by atoms with E-state index in [0.29, 0.717) is 6.04 Å². The van der Waals surface area contributed by atoms with Crippen LogP contribution >= 0.6 is 11.8 Å². The molecule has 0 spiro atoms. The summed E-state index contributed by atoms with van der Waals surface area (Å²) in [5.41, 5.74) is 0.149. The van der Waals surface area contributed by atoms with E-state index in [2.05, 4.69) is 19.2 Å². The molecule has 0 bridgehead atoms. The maximum absolute atomic E-state index is 10.5. The number of benzene rings is 1. The Balaban J connectivity index is 2.48. The Morgan fingerprint density at radius 2 is 2.00 bits per heavy atom. The van der Waals surface area contributed by atoms with Crippen LogP contribution in [0.4, 0.5) is 5.69 Å². The van der Waals surface area contributed by atoms with Crippen LogP contribution in [0.2, 0.25) is 0 Å². The molecule has 18 heavy (non-hydrogen) atoms. The van der Waals surface area contributed by atoms with E-state index in [1.165, 1.54) is 6.42 Å². The molecule has 0 saturated heterocycles. The molecule has 0 heterocycles. The zero-order valence-electron chi connectivity index (χ0n) is 10.9. The van der Waals surface area contributed by atoms with Gasteiger partial charge in [0.2, 0.25) is 0 Å². The third-order valence-electron chi connectivity index (χ3n) is 2.63. The summed E-state index contributed by atoms with van der Waals surface area (Å²) >= 11 is 1.74. The molecule has 0 aliphatic heterocycles. The Morgan fingerprint density at radius 3 is 2.50 bits per heavy atom. The minimum Gasteiger partial charge on any atom is -0.313 e. The van der Waals surface area contributed by atoms with Gasteiger partial charge in [-0.3, -0.25) is 10.1 Å². The second-order valence-electron chi connectivity index (χ2n) is 4.11. The van der Waals surface area contributed by atoms with Crippen LogP contribution in [-0.4, -0.2) is 23.3 Å². The van der Waals surface area contributed by atoms with Crippen molar-refractivity contribution < 1.29 is 4.92 Å². The predicted octanol–water partition coefficient (Wildman–Crippen LogP) is 3.47. The van der Waals surface area contributed by atoms with Crippen molar-refractivity contribution in [2.75, 3.05) is 12.3 Å². The summed E-state index contributed by atoms with van der Waals surface area (Å²) in [5, 5.41) is 14.0. The summed E-state index contributed by atoms with van der Waals surface area (Å²) < 4.78 is 0. The van der Waals surface area contributed by atoms with Crippen LogP contribution in [0.5, 0.6) is 0 Å². The van der Waals surface area contributed by atoms with E-state index in [0.717, 1.165) is 23.6 Å². The molecule has 1 rings (SSSR count). The molecule has 0 aromatic heterocycles. The second kappa shape index (κ2) is 8.11. The molecule has 0 fully saturated rings. The Bertz CT molecular complexity index is 362. The number of hydrogen-bond acceptors (Lipinski definition) is 4. The van der Waals surface area contributed by atoms with Gasteiger partial charge in [0.15, 0.2) is 0 Å². The maximum atomic E-state index is 10.5.